The highest BCUT2D eigenvalue weighted by Crippen LogP contribution is 2.09. The SMILES string of the molecule is C#CC(C(=O)C(C)C)=C(C)C. The van der Waals surface area contributed by atoms with Crippen molar-refractivity contribution >= 4 is 5.78 Å². The Morgan fingerprint density at radius 2 is 1.82 bits per heavy atom. The molecule has 0 bridgehead atoms. The zero-order valence-electron chi connectivity index (χ0n) is 7.56. The van der Waals surface area contributed by atoms with Gasteiger partial charge in [0.2, 0.25) is 0 Å². The number of carbonyl (C=O) groups excluding carboxylic acids is 1. The molecule has 0 aromatic rings. The average Bonchev–Trinajstić information content (AvgIpc) is 1.88. The molecule has 0 spiro atoms. The summed E-state index contributed by atoms with van der Waals surface area (Å²) < 4.78 is 0. The third-order valence-corrected chi connectivity index (χ3v) is 1.42. The van der Waals surface area contributed by atoms with Gasteiger partial charge >= 0.3 is 0 Å². The predicted octanol–water partition coefficient (Wildman–Crippen LogP) is 2.18. The van der Waals surface area contributed by atoms with E-state index in [2.05, 4.69) is 5.92 Å². The molecule has 60 valence electrons. The minimum Gasteiger partial charge on any atom is -0.293 e. The fourth-order valence-electron chi connectivity index (χ4n) is 0.751. The quantitative estimate of drug-likeness (QED) is 0.435. The van der Waals surface area contributed by atoms with Gasteiger partial charge < -0.3 is 0 Å². The number of terminal acetylenes is 1. The molecule has 0 aliphatic carbocycles. The Hall–Kier alpha value is -1.03. The maximum Gasteiger partial charge on any atom is 0.173 e. The molecule has 0 saturated heterocycles. The second-order valence-corrected chi connectivity index (χ2v) is 3.04. The van der Waals surface area contributed by atoms with Gasteiger partial charge in [0.25, 0.3) is 0 Å². The molecule has 0 unspecified atom stereocenters. The molecule has 1 heteroatoms. The lowest BCUT2D eigenvalue weighted by molar-refractivity contribution is -0.117. The van der Waals surface area contributed by atoms with Gasteiger partial charge in [0.1, 0.15) is 0 Å². The monoisotopic (exact) mass is 150 g/mol. The molecule has 0 aromatic carbocycles. The summed E-state index contributed by atoms with van der Waals surface area (Å²) in [6.45, 7) is 7.41. The van der Waals surface area contributed by atoms with Crippen LogP contribution in [0.4, 0.5) is 0 Å². The summed E-state index contributed by atoms with van der Waals surface area (Å²) in [6.07, 6.45) is 5.18. The van der Waals surface area contributed by atoms with Crippen LogP contribution in [0.15, 0.2) is 11.1 Å². The number of hydrogen-bond acceptors (Lipinski definition) is 1. The van der Waals surface area contributed by atoms with Crippen LogP contribution in [0.1, 0.15) is 27.7 Å². The lowest BCUT2D eigenvalue weighted by atomic mass is 9.98. The number of ketones is 1. The van der Waals surface area contributed by atoms with Crippen molar-refractivity contribution in [1.82, 2.24) is 0 Å². The molecule has 0 radical (unpaired) electrons. The zero-order chi connectivity index (χ0) is 9.02. The Balaban J connectivity index is 4.73. The minimum atomic E-state index is -0.00375. The van der Waals surface area contributed by atoms with Gasteiger partial charge in [-0.15, -0.1) is 6.42 Å². The standard InChI is InChI=1S/C10H14O/c1-6-9(7(2)3)10(11)8(4)5/h1,8H,2-5H3. The van der Waals surface area contributed by atoms with Gasteiger partial charge in [0.05, 0.1) is 5.57 Å². The van der Waals surface area contributed by atoms with Crippen molar-refractivity contribution < 1.29 is 4.79 Å². The molecule has 0 aliphatic heterocycles. The Morgan fingerprint density at radius 3 is 1.91 bits per heavy atom. The molecule has 0 N–H and O–H groups in total. The van der Waals surface area contributed by atoms with Gasteiger partial charge in [-0.25, -0.2) is 0 Å². The molecule has 0 rings (SSSR count). The Bertz CT molecular complexity index is 222. The molecule has 11 heavy (non-hydrogen) atoms. The molecule has 1 nitrogen and oxygen atoms in total. The van der Waals surface area contributed by atoms with E-state index in [1.54, 1.807) is 0 Å². The van der Waals surface area contributed by atoms with Crippen LogP contribution in [0, 0.1) is 18.3 Å². The largest absolute Gasteiger partial charge is 0.293 e. The topological polar surface area (TPSA) is 17.1 Å². The first-order valence-electron chi connectivity index (χ1n) is 3.69. The van der Waals surface area contributed by atoms with Crippen LogP contribution >= 0.6 is 0 Å². The lowest BCUT2D eigenvalue weighted by Gasteiger charge is -2.04. The Labute approximate surface area is 68.5 Å². The summed E-state index contributed by atoms with van der Waals surface area (Å²) in [4.78, 5) is 11.3. The van der Waals surface area contributed by atoms with E-state index in [1.807, 2.05) is 27.7 Å². The molecule has 0 amide bonds. The van der Waals surface area contributed by atoms with Crippen molar-refractivity contribution in [3.8, 4) is 12.3 Å². The highest BCUT2D eigenvalue weighted by atomic mass is 16.1. The Kier molecular flexibility index (Phi) is 3.60. The fraction of sp³-hybridized carbons (Fsp3) is 0.500. The molecular formula is C10H14O. The van der Waals surface area contributed by atoms with Crippen molar-refractivity contribution in [2.24, 2.45) is 5.92 Å². The van der Waals surface area contributed by atoms with Gasteiger partial charge in [-0.05, 0) is 13.8 Å². The number of carbonyl (C=O) groups is 1. The van der Waals surface area contributed by atoms with Crippen molar-refractivity contribution in [2.75, 3.05) is 0 Å². The van der Waals surface area contributed by atoms with E-state index in [9.17, 15) is 4.79 Å². The number of Topliss-reactive ketones (excluding diaryl/α,β-unsaturated/α-hetero) is 1. The van der Waals surface area contributed by atoms with E-state index < -0.39 is 0 Å². The Morgan fingerprint density at radius 1 is 1.36 bits per heavy atom. The van der Waals surface area contributed by atoms with Crippen LogP contribution in [0.25, 0.3) is 0 Å². The molecule has 0 aliphatic rings. The first kappa shape index (κ1) is 9.97. The lowest BCUT2D eigenvalue weighted by Crippen LogP contribution is -2.10. The van der Waals surface area contributed by atoms with Crippen molar-refractivity contribution in [1.29, 1.82) is 0 Å². The maximum atomic E-state index is 11.3. The average molecular weight is 150 g/mol. The van der Waals surface area contributed by atoms with E-state index in [-0.39, 0.29) is 11.7 Å². The smallest absolute Gasteiger partial charge is 0.173 e. The highest BCUT2D eigenvalue weighted by molar-refractivity contribution is 6.01. The second-order valence-electron chi connectivity index (χ2n) is 3.04. The predicted molar refractivity (Wildman–Crippen MR) is 47.1 cm³/mol. The normalized spacial score (nSPS) is 9.09. The second kappa shape index (κ2) is 3.98. The van der Waals surface area contributed by atoms with E-state index in [0.717, 1.165) is 5.57 Å². The van der Waals surface area contributed by atoms with Crippen LogP contribution < -0.4 is 0 Å². The summed E-state index contributed by atoms with van der Waals surface area (Å²) in [5, 5.41) is 0. The molecular weight excluding hydrogens is 136 g/mol. The zero-order valence-corrected chi connectivity index (χ0v) is 7.56. The molecule has 0 heterocycles. The van der Waals surface area contributed by atoms with Crippen LogP contribution in [0.2, 0.25) is 0 Å². The van der Waals surface area contributed by atoms with Crippen LogP contribution in [-0.2, 0) is 4.79 Å². The summed E-state index contributed by atoms with van der Waals surface area (Å²) in [6, 6.07) is 0. The number of hydrogen-bond donors (Lipinski definition) is 0. The van der Waals surface area contributed by atoms with Crippen molar-refractivity contribution in [2.45, 2.75) is 27.7 Å². The molecule has 0 saturated carbocycles. The van der Waals surface area contributed by atoms with Gasteiger partial charge in [0, 0.05) is 5.92 Å². The summed E-state index contributed by atoms with van der Waals surface area (Å²) in [5.74, 6) is 2.47. The van der Waals surface area contributed by atoms with E-state index >= 15 is 0 Å². The van der Waals surface area contributed by atoms with Crippen LogP contribution in [0.3, 0.4) is 0 Å². The van der Waals surface area contributed by atoms with Crippen molar-refractivity contribution in [3.63, 3.8) is 0 Å². The van der Waals surface area contributed by atoms with E-state index in [1.165, 1.54) is 0 Å². The minimum absolute atomic E-state index is 0.00375. The van der Waals surface area contributed by atoms with Crippen LogP contribution in [0.5, 0.6) is 0 Å². The third-order valence-electron chi connectivity index (χ3n) is 1.42. The number of rotatable bonds is 2. The highest BCUT2D eigenvalue weighted by Gasteiger charge is 2.11. The van der Waals surface area contributed by atoms with Gasteiger partial charge in [-0.2, -0.15) is 0 Å². The van der Waals surface area contributed by atoms with Gasteiger partial charge in [0.15, 0.2) is 5.78 Å². The molecule has 0 atom stereocenters. The summed E-state index contributed by atoms with van der Waals surface area (Å²) in [7, 11) is 0. The number of allylic oxidation sites excluding steroid dienone is 2. The third kappa shape index (κ3) is 2.59. The van der Waals surface area contributed by atoms with E-state index in [4.69, 9.17) is 6.42 Å². The van der Waals surface area contributed by atoms with Gasteiger partial charge in [-0.3, -0.25) is 4.79 Å². The maximum absolute atomic E-state index is 11.3. The summed E-state index contributed by atoms with van der Waals surface area (Å²) >= 11 is 0. The first-order valence-corrected chi connectivity index (χ1v) is 3.69. The fourth-order valence-corrected chi connectivity index (χ4v) is 0.751. The summed E-state index contributed by atoms with van der Waals surface area (Å²) in [5.41, 5.74) is 1.45. The van der Waals surface area contributed by atoms with Gasteiger partial charge in [-0.1, -0.05) is 25.3 Å². The molecule has 0 aromatic heterocycles. The first-order chi connectivity index (χ1) is 5.00. The molecule has 0 fully saturated rings. The van der Waals surface area contributed by atoms with E-state index in [0.29, 0.717) is 5.57 Å². The van der Waals surface area contributed by atoms with Crippen molar-refractivity contribution in [3.05, 3.63) is 11.1 Å². The van der Waals surface area contributed by atoms with Crippen LogP contribution in [-0.4, -0.2) is 5.78 Å².